The maximum atomic E-state index is 12.3. The van der Waals surface area contributed by atoms with E-state index in [-0.39, 0.29) is 11.9 Å². The van der Waals surface area contributed by atoms with E-state index in [9.17, 15) is 18.0 Å². The van der Waals surface area contributed by atoms with Crippen LogP contribution in [0.5, 0.6) is 0 Å². The number of benzene rings is 1. The van der Waals surface area contributed by atoms with Gasteiger partial charge in [-0.25, -0.2) is 0 Å². The fraction of sp³-hybridized carbons (Fsp3) is 0.500. The highest BCUT2D eigenvalue weighted by Gasteiger charge is 2.32. The number of nitrogens with one attached hydrogen (secondary N) is 1. The van der Waals surface area contributed by atoms with E-state index in [1.807, 2.05) is 6.07 Å². The van der Waals surface area contributed by atoms with Crippen LogP contribution in [-0.2, 0) is 0 Å². The van der Waals surface area contributed by atoms with Gasteiger partial charge in [-0.15, -0.1) is 0 Å². The lowest BCUT2D eigenvalue weighted by atomic mass is 10.0. The molecule has 0 bridgehead atoms. The van der Waals surface area contributed by atoms with Crippen molar-refractivity contribution in [1.82, 2.24) is 10.2 Å². The van der Waals surface area contributed by atoms with E-state index in [1.165, 1.54) is 4.90 Å². The fourth-order valence-corrected chi connectivity index (χ4v) is 2.35. The standard InChI is InChI=1S/C14H17F3N2O/c15-14(16,17)10-19-8-6-12(7-9-19)18-13(20)11-4-2-1-3-5-11/h1-5,12H,6-10H2,(H,18,20). The highest BCUT2D eigenvalue weighted by atomic mass is 19.4. The minimum atomic E-state index is -4.15. The fourth-order valence-electron chi connectivity index (χ4n) is 2.35. The molecular weight excluding hydrogens is 269 g/mol. The lowest BCUT2D eigenvalue weighted by Gasteiger charge is -2.32. The van der Waals surface area contributed by atoms with Gasteiger partial charge in [0.2, 0.25) is 0 Å². The molecular formula is C14H17F3N2O. The lowest BCUT2D eigenvalue weighted by Crippen LogP contribution is -2.47. The second kappa shape index (κ2) is 6.26. The van der Waals surface area contributed by atoms with E-state index in [4.69, 9.17) is 0 Å². The number of piperidine rings is 1. The second-order valence-electron chi connectivity index (χ2n) is 5.01. The molecule has 0 unspecified atom stereocenters. The summed E-state index contributed by atoms with van der Waals surface area (Å²) in [7, 11) is 0. The summed E-state index contributed by atoms with van der Waals surface area (Å²) in [6.07, 6.45) is -3.05. The van der Waals surface area contributed by atoms with E-state index in [2.05, 4.69) is 5.32 Å². The van der Waals surface area contributed by atoms with Crippen molar-refractivity contribution in [3.8, 4) is 0 Å². The molecule has 0 radical (unpaired) electrons. The van der Waals surface area contributed by atoms with Crippen LogP contribution in [0.3, 0.4) is 0 Å². The molecule has 0 aliphatic carbocycles. The summed E-state index contributed by atoms with van der Waals surface area (Å²) in [5.74, 6) is -0.167. The molecule has 1 amide bonds. The monoisotopic (exact) mass is 286 g/mol. The number of halogens is 3. The smallest absolute Gasteiger partial charge is 0.349 e. The molecule has 110 valence electrons. The second-order valence-corrected chi connectivity index (χ2v) is 5.01. The van der Waals surface area contributed by atoms with Crippen molar-refractivity contribution < 1.29 is 18.0 Å². The van der Waals surface area contributed by atoms with E-state index in [0.717, 1.165) is 0 Å². The zero-order valence-corrected chi connectivity index (χ0v) is 11.0. The van der Waals surface area contributed by atoms with Crippen LogP contribution in [0.1, 0.15) is 23.2 Å². The normalized spacial score (nSPS) is 17.9. The van der Waals surface area contributed by atoms with Gasteiger partial charge in [-0.2, -0.15) is 13.2 Å². The quantitative estimate of drug-likeness (QED) is 0.925. The molecule has 0 spiro atoms. The Morgan fingerprint density at radius 1 is 1.20 bits per heavy atom. The number of carbonyl (C=O) groups is 1. The number of carbonyl (C=O) groups excluding carboxylic acids is 1. The zero-order valence-electron chi connectivity index (χ0n) is 11.0. The van der Waals surface area contributed by atoms with Crippen LogP contribution < -0.4 is 5.32 Å². The zero-order chi connectivity index (χ0) is 14.6. The van der Waals surface area contributed by atoms with Crippen molar-refractivity contribution in [1.29, 1.82) is 0 Å². The molecule has 20 heavy (non-hydrogen) atoms. The Bertz CT molecular complexity index is 439. The molecule has 6 heteroatoms. The first-order valence-corrected chi connectivity index (χ1v) is 6.59. The van der Waals surface area contributed by atoms with Crippen LogP contribution in [0.25, 0.3) is 0 Å². The summed E-state index contributed by atoms with van der Waals surface area (Å²) in [5.41, 5.74) is 0.574. The van der Waals surface area contributed by atoms with Crippen molar-refractivity contribution in [2.75, 3.05) is 19.6 Å². The topological polar surface area (TPSA) is 32.3 Å². The Morgan fingerprint density at radius 3 is 2.35 bits per heavy atom. The predicted molar refractivity (Wildman–Crippen MR) is 69.4 cm³/mol. The van der Waals surface area contributed by atoms with E-state index < -0.39 is 12.7 Å². The molecule has 1 aromatic carbocycles. The Morgan fingerprint density at radius 2 is 1.80 bits per heavy atom. The Balaban J connectivity index is 1.79. The summed E-state index contributed by atoms with van der Waals surface area (Å²) in [6.45, 7) is -0.148. The highest BCUT2D eigenvalue weighted by Crippen LogP contribution is 2.19. The van der Waals surface area contributed by atoms with Gasteiger partial charge < -0.3 is 5.32 Å². The maximum Gasteiger partial charge on any atom is 0.401 e. The summed E-state index contributed by atoms with van der Waals surface area (Å²) in [5, 5.41) is 2.87. The average Bonchev–Trinajstić information content (AvgIpc) is 2.40. The Labute approximate surface area is 115 Å². The van der Waals surface area contributed by atoms with E-state index in [0.29, 0.717) is 31.5 Å². The third kappa shape index (κ3) is 4.52. The molecule has 0 aromatic heterocycles. The minimum absolute atomic E-state index is 0.0489. The van der Waals surface area contributed by atoms with Gasteiger partial charge in [-0.3, -0.25) is 9.69 Å². The van der Waals surface area contributed by atoms with E-state index >= 15 is 0 Å². The maximum absolute atomic E-state index is 12.3. The molecule has 0 atom stereocenters. The first kappa shape index (κ1) is 14.8. The number of amides is 1. The number of likely N-dealkylation sites (tertiary alicyclic amines) is 1. The first-order chi connectivity index (χ1) is 9.44. The molecule has 2 rings (SSSR count). The molecule has 1 fully saturated rings. The summed E-state index contributed by atoms with van der Waals surface area (Å²) in [4.78, 5) is 13.3. The molecule has 3 nitrogen and oxygen atoms in total. The highest BCUT2D eigenvalue weighted by molar-refractivity contribution is 5.94. The first-order valence-electron chi connectivity index (χ1n) is 6.59. The van der Waals surface area contributed by atoms with Gasteiger partial charge in [0.1, 0.15) is 0 Å². The molecule has 1 aliphatic rings. The van der Waals surface area contributed by atoms with Crippen molar-refractivity contribution in [2.45, 2.75) is 25.1 Å². The SMILES string of the molecule is O=C(NC1CCN(CC(F)(F)F)CC1)c1ccccc1. The predicted octanol–water partition coefficient (Wildman–Crippen LogP) is 2.44. The summed E-state index contributed by atoms with van der Waals surface area (Å²) in [6, 6.07) is 8.77. The van der Waals surface area contributed by atoms with Crippen LogP contribution in [-0.4, -0.2) is 42.7 Å². The van der Waals surface area contributed by atoms with Gasteiger partial charge in [0.15, 0.2) is 0 Å². The van der Waals surface area contributed by atoms with Gasteiger partial charge >= 0.3 is 6.18 Å². The van der Waals surface area contributed by atoms with Crippen molar-refractivity contribution in [2.24, 2.45) is 0 Å². The number of hydrogen-bond acceptors (Lipinski definition) is 2. The van der Waals surface area contributed by atoms with Crippen molar-refractivity contribution in [3.05, 3.63) is 35.9 Å². The third-order valence-corrected chi connectivity index (χ3v) is 3.36. The average molecular weight is 286 g/mol. The lowest BCUT2D eigenvalue weighted by molar-refractivity contribution is -0.148. The van der Waals surface area contributed by atoms with E-state index in [1.54, 1.807) is 24.3 Å². The molecule has 1 aliphatic heterocycles. The van der Waals surface area contributed by atoms with Crippen molar-refractivity contribution >= 4 is 5.91 Å². The third-order valence-electron chi connectivity index (χ3n) is 3.36. The minimum Gasteiger partial charge on any atom is -0.349 e. The molecule has 1 aromatic rings. The van der Waals surface area contributed by atoms with Crippen LogP contribution in [0.2, 0.25) is 0 Å². The van der Waals surface area contributed by atoms with Gasteiger partial charge in [0, 0.05) is 24.7 Å². The van der Waals surface area contributed by atoms with Crippen LogP contribution >= 0.6 is 0 Å². The number of nitrogens with zero attached hydrogens (tertiary/aromatic N) is 1. The van der Waals surface area contributed by atoms with Crippen molar-refractivity contribution in [3.63, 3.8) is 0 Å². The summed E-state index contributed by atoms with van der Waals surface area (Å²) >= 11 is 0. The van der Waals surface area contributed by atoms with Crippen LogP contribution in [0.4, 0.5) is 13.2 Å². The number of hydrogen-bond donors (Lipinski definition) is 1. The molecule has 0 saturated carbocycles. The Hall–Kier alpha value is -1.56. The Kier molecular flexibility index (Phi) is 4.65. The number of alkyl halides is 3. The molecule has 1 N–H and O–H groups in total. The summed E-state index contributed by atoms with van der Waals surface area (Å²) < 4.78 is 36.8. The van der Waals surface area contributed by atoms with Gasteiger partial charge in [-0.1, -0.05) is 18.2 Å². The van der Waals surface area contributed by atoms with Gasteiger partial charge in [-0.05, 0) is 25.0 Å². The van der Waals surface area contributed by atoms with Gasteiger partial charge in [0.05, 0.1) is 6.54 Å². The van der Waals surface area contributed by atoms with Crippen LogP contribution in [0.15, 0.2) is 30.3 Å². The molecule has 1 saturated heterocycles. The van der Waals surface area contributed by atoms with Gasteiger partial charge in [0.25, 0.3) is 5.91 Å². The largest absolute Gasteiger partial charge is 0.401 e. The number of rotatable bonds is 3. The molecule has 1 heterocycles. The van der Waals surface area contributed by atoms with Crippen LogP contribution in [0, 0.1) is 0 Å².